The van der Waals surface area contributed by atoms with Gasteiger partial charge in [-0.2, -0.15) is 0 Å². The van der Waals surface area contributed by atoms with E-state index in [0.29, 0.717) is 11.8 Å². The van der Waals surface area contributed by atoms with Gasteiger partial charge in [-0.25, -0.2) is 0 Å². The summed E-state index contributed by atoms with van der Waals surface area (Å²) in [4.78, 5) is 11.5. The van der Waals surface area contributed by atoms with Gasteiger partial charge in [-0.3, -0.25) is 4.79 Å². The number of nitrogens with one attached hydrogen (secondary N) is 1. The van der Waals surface area contributed by atoms with Gasteiger partial charge in [-0.1, -0.05) is 55.8 Å². The topological polar surface area (TPSA) is 29.1 Å². The molecule has 2 aromatic rings. The molecule has 0 aliphatic heterocycles. The van der Waals surface area contributed by atoms with Crippen molar-refractivity contribution in [1.82, 2.24) is 0 Å². The van der Waals surface area contributed by atoms with E-state index in [4.69, 9.17) is 11.6 Å². The molecule has 1 N–H and O–H groups in total. The van der Waals surface area contributed by atoms with Gasteiger partial charge in [0.15, 0.2) is 0 Å². The molecule has 120 valence electrons. The number of carbonyl (C=O) groups is 1. The molecule has 1 saturated carbocycles. The molecule has 0 aromatic heterocycles. The maximum atomic E-state index is 11.5. The van der Waals surface area contributed by atoms with Crippen molar-refractivity contribution in [2.45, 2.75) is 39.0 Å². The predicted molar refractivity (Wildman–Crippen MR) is 96.1 cm³/mol. The summed E-state index contributed by atoms with van der Waals surface area (Å²) in [6.07, 6.45) is 1.11. The van der Waals surface area contributed by atoms with Crippen molar-refractivity contribution in [2.24, 2.45) is 5.41 Å². The Balaban J connectivity index is 1.97. The summed E-state index contributed by atoms with van der Waals surface area (Å²) >= 11 is 6.04. The van der Waals surface area contributed by atoms with Crippen LogP contribution in [0.2, 0.25) is 5.02 Å². The Morgan fingerprint density at radius 2 is 1.78 bits per heavy atom. The molecular formula is C20H22ClNO. The van der Waals surface area contributed by atoms with Crippen LogP contribution in [0.5, 0.6) is 0 Å². The molecule has 23 heavy (non-hydrogen) atoms. The lowest BCUT2D eigenvalue weighted by Gasteiger charge is -2.52. The second kappa shape index (κ2) is 6.01. The second-order valence-corrected chi connectivity index (χ2v) is 7.53. The molecule has 2 unspecified atom stereocenters. The third kappa shape index (κ3) is 3.13. The minimum Gasteiger partial charge on any atom is -0.326 e. The molecule has 3 heteroatoms. The summed E-state index contributed by atoms with van der Waals surface area (Å²) in [5.41, 5.74) is 3.71. The van der Waals surface area contributed by atoms with Crippen LogP contribution in [0.4, 0.5) is 5.69 Å². The van der Waals surface area contributed by atoms with Gasteiger partial charge in [-0.15, -0.1) is 0 Å². The van der Waals surface area contributed by atoms with Crippen LogP contribution in [0.15, 0.2) is 48.5 Å². The molecule has 0 spiro atoms. The predicted octanol–water partition coefficient (Wildman–Crippen LogP) is 5.60. The fourth-order valence-corrected chi connectivity index (χ4v) is 4.09. The third-order valence-corrected chi connectivity index (χ3v) is 5.14. The Morgan fingerprint density at radius 3 is 2.39 bits per heavy atom. The summed E-state index contributed by atoms with van der Waals surface area (Å²) in [7, 11) is 0. The van der Waals surface area contributed by atoms with Gasteiger partial charge in [-0.05, 0) is 53.0 Å². The number of hydrogen-bond donors (Lipinski definition) is 1. The summed E-state index contributed by atoms with van der Waals surface area (Å²) in [5, 5.41) is 3.74. The number of anilines is 1. The largest absolute Gasteiger partial charge is 0.326 e. The summed E-state index contributed by atoms with van der Waals surface area (Å²) in [6.45, 7) is 6.17. The highest BCUT2D eigenvalue weighted by molar-refractivity contribution is 6.30. The zero-order chi connectivity index (χ0) is 16.6. The molecule has 1 amide bonds. The SMILES string of the molecule is CC(=O)Nc1ccccc1C1CC(C)(C)C1c1ccc(Cl)cc1. The van der Waals surface area contributed by atoms with Gasteiger partial charge in [0.25, 0.3) is 0 Å². The Kier molecular flexibility index (Phi) is 4.20. The Bertz CT molecular complexity index is 721. The molecule has 0 radical (unpaired) electrons. The van der Waals surface area contributed by atoms with Crippen molar-refractivity contribution >= 4 is 23.2 Å². The highest BCUT2D eigenvalue weighted by Crippen LogP contribution is 2.62. The van der Waals surface area contributed by atoms with Crippen molar-refractivity contribution in [3.63, 3.8) is 0 Å². The van der Waals surface area contributed by atoms with Crippen molar-refractivity contribution < 1.29 is 4.79 Å². The molecule has 1 aliphatic carbocycles. The Morgan fingerprint density at radius 1 is 1.13 bits per heavy atom. The number of hydrogen-bond acceptors (Lipinski definition) is 1. The van der Waals surface area contributed by atoms with Crippen molar-refractivity contribution in [1.29, 1.82) is 0 Å². The van der Waals surface area contributed by atoms with E-state index >= 15 is 0 Å². The molecule has 2 nitrogen and oxygen atoms in total. The zero-order valence-electron chi connectivity index (χ0n) is 13.8. The lowest BCUT2D eigenvalue weighted by Crippen LogP contribution is -2.40. The van der Waals surface area contributed by atoms with E-state index in [0.717, 1.165) is 17.1 Å². The monoisotopic (exact) mass is 327 g/mol. The number of rotatable bonds is 3. The van der Waals surface area contributed by atoms with Crippen LogP contribution in [0.1, 0.15) is 50.2 Å². The van der Waals surface area contributed by atoms with E-state index in [1.54, 1.807) is 6.92 Å². The molecule has 3 rings (SSSR count). The fourth-order valence-electron chi connectivity index (χ4n) is 3.96. The molecule has 0 saturated heterocycles. The number of para-hydroxylation sites is 1. The Labute approximate surface area is 142 Å². The first kappa shape index (κ1) is 16.1. The minimum atomic E-state index is -0.0286. The first-order valence-corrected chi connectivity index (χ1v) is 8.38. The van der Waals surface area contributed by atoms with Crippen LogP contribution in [-0.2, 0) is 4.79 Å². The van der Waals surface area contributed by atoms with E-state index in [2.05, 4.69) is 37.4 Å². The summed E-state index contributed by atoms with van der Waals surface area (Å²) in [6, 6.07) is 16.3. The maximum Gasteiger partial charge on any atom is 0.221 e. The quantitative estimate of drug-likeness (QED) is 0.781. The van der Waals surface area contributed by atoms with Crippen molar-refractivity contribution in [3.8, 4) is 0 Å². The highest BCUT2D eigenvalue weighted by atomic mass is 35.5. The van der Waals surface area contributed by atoms with Gasteiger partial charge in [0.2, 0.25) is 5.91 Å². The third-order valence-electron chi connectivity index (χ3n) is 4.89. The van der Waals surface area contributed by atoms with Gasteiger partial charge in [0.05, 0.1) is 0 Å². The number of halogens is 1. The van der Waals surface area contributed by atoms with Gasteiger partial charge in [0.1, 0.15) is 0 Å². The van der Waals surface area contributed by atoms with E-state index in [9.17, 15) is 4.79 Å². The summed E-state index contributed by atoms with van der Waals surface area (Å²) < 4.78 is 0. The van der Waals surface area contributed by atoms with Crippen LogP contribution >= 0.6 is 11.6 Å². The van der Waals surface area contributed by atoms with Crippen LogP contribution in [0.3, 0.4) is 0 Å². The van der Waals surface area contributed by atoms with E-state index < -0.39 is 0 Å². The van der Waals surface area contributed by atoms with Crippen molar-refractivity contribution in [3.05, 3.63) is 64.7 Å². The first-order valence-electron chi connectivity index (χ1n) is 8.00. The van der Waals surface area contributed by atoms with Crippen LogP contribution in [0.25, 0.3) is 0 Å². The molecule has 1 aliphatic rings. The standard InChI is InChI=1S/C20H22ClNO/c1-13(23)22-18-7-5-4-6-16(18)17-12-20(2,3)19(17)14-8-10-15(21)11-9-14/h4-11,17,19H,12H2,1-3H3,(H,22,23). The molecule has 0 bridgehead atoms. The lowest BCUT2D eigenvalue weighted by atomic mass is 9.51. The highest BCUT2D eigenvalue weighted by Gasteiger charge is 2.49. The van der Waals surface area contributed by atoms with E-state index in [-0.39, 0.29) is 11.3 Å². The number of amides is 1. The maximum absolute atomic E-state index is 11.5. The normalized spacial score (nSPS) is 22.3. The summed E-state index contributed by atoms with van der Waals surface area (Å²) in [5.74, 6) is 0.808. The average molecular weight is 328 g/mol. The number of carbonyl (C=O) groups excluding carboxylic acids is 1. The van der Waals surface area contributed by atoms with Gasteiger partial charge < -0.3 is 5.32 Å². The van der Waals surface area contributed by atoms with E-state index in [1.807, 2.05) is 30.3 Å². The second-order valence-electron chi connectivity index (χ2n) is 7.10. The molecular weight excluding hydrogens is 306 g/mol. The molecule has 2 atom stereocenters. The van der Waals surface area contributed by atoms with E-state index in [1.165, 1.54) is 11.1 Å². The van der Waals surface area contributed by atoms with Gasteiger partial charge >= 0.3 is 0 Å². The van der Waals surface area contributed by atoms with Gasteiger partial charge in [0, 0.05) is 17.6 Å². The zero-order valence-corrected chi connectivity index (χ0v) is 14.5. The van der Waals surface area contributed by atoms with Crippen LogP contribution < -0.4 is 5.32 Å². The molecule has 2 aromatic carbocycles. The number of benzene rings is 2. The fraction of sp³-hybridized carbons (Fsp3) is 0.350. The minimum absolute atomic E-state index is 0.0286. The Hall–Kier alpha value is -1.80. The van der Waals surface area contributed by atoms with Crippen LogP contribution in [0, 0.1) is 5.41 Å². The average Bonchev–Trinajstić information content (AvgIpc) is 2.47. The van der Waals surface area contributed by atoms with Crippen LogP contribution in [-0.4, -0.2) is 5.91 Å². The van der Waals surface area contributed by atoms with Crippen molar-refractivity contribution in [2.75, 3.05) is 5.32 Å². The first-order chi connectivity index (χ1) is 10.9. The molecule has 1 fully saturated rings. The smallest absolute Gasteiger partial charge is 0.221 e. The lowest BCUT2D eigenvalue weighted by molar-refractivity contribution is -0.114. The molecule has 0 heterocycles.